The van der Waals surface area contributed by atoms with Crippen molar-refractivity contribution in [2.24, 2.45) is 0 Å². The molecule has 0 radical (unpaired) electrons. The van der Waals surface area contributed by atoms with Crippen LogP contribution in [0.2, 0.25) is 0 Å². The molecule has 1 aliphatic rings. The van der Waals surface area contributed by atoms with Crippen molar-refractivity contribution >= 4 is 17.8 Å². The summed E-state index contributed by atoms with van der Waals surface area (Å²) in [5.41, 5.74) is 0. The summed E-state index contributed by atoms with van der Waals surface area (Å²) in [5.74, 6) is -2.15. The highest BCUT2D eigenvalue weighted by Crippen LogP contribution is 2.13. The summed E-state index contributed by atoms with van der Waals surface area (Å²) in [6, 6.07) is 0. The van der Waals surface area contributed by atoms with Crippen molar-refractivity contribution in [1.82, 2.24) is 10.0 Å². The van der Waals surface area contributed by atoms with Crippen LogP contribution in [0.5, 0.6) is 0 Å². The first-order chi connectivity index (χ1) is 7.18. The highest BCUT2D eigenvalue weighted by Gasteiger charge is 2.33. The van der Waals surface area contributed by atoms with Crippen molar-refractivity contribution in [2.75, 3.05) is 0 Å². The maximum atomic E-state index is 11.3. The number of amides is 2. The minimum atomic E-state index is -0.920. The van der Waals surface area contributed by atoms with Crippen LogP contribution in [0.4, 0.5) is 0 Å². The van der Waals surface area contributed by atoms with Gasteiger partial charge in [0, 0.05) is 12.8 Å². The second kappa shape index (κ2) is 3.52. The average Bonchev–Trinajstić information content (AvgIpc) is 2.82. The van der Waals surface area contributed by atoms with Gasteiger partial charge in [0.05, 0.1) is 6.20 Å². The summed E-state index contributed by atoms with van der Waals surface area (Å²) >= 11 is 0. The fraction of sp³-hybridized carbons (Fsp3) is 0.250. The number of nitrogens with zero attached hydrogens (tertiary/aromatic N) is 2. The zero-order valence-electron chi connectivity index (χ0n) is 7.50. The molecule has 15 heavy (non-hydrogen) atoms. The lowest BCUT2D eigenvalue weighted by Gasteiger charge is -2.10. The molecule has 0 bridgehead atoms. The zero-order chi connectivity index (χ0) is 10.8. The smallest absolute Gasteiger partial charge is 0.400 e. The highest BCUT2D eigenvalue weighted by atomic mass is 16.7. The van der Waals surface area contributed by atoms with E-state index in [0.717, 1.165) is 12.6 Å². The molecule has 1 aliphatic heterocycles. The Labute approximate surface area is 83.6 Å². The van der Waals surface area contributed by atoms with Crippen LogP contribution in [0.3, 0.4) is 0 Å². The molecular weight excluding hydrogens is 204 g/mol. The summed E-state index contributed by atoms with van der Waals surface area (Å²) in [6.45, 7) is 0. The minimum Gasteiger partial charge on any atom is -0.436 e. The van der Waals surface area contributed by atoms with Crippen LogP contribution < -0.4 is 0 Å². The van der Waals surface area contributed by atoms with E-state index in [1.807, 2.05) is 0 Å². The van der Waals surface area contributed by atoms with Crippen molar-refractivity contribution in [3.8, 4) is 0 Å². The van der Waals surface area contributed by atoms with Crippen molar-refractivity contribution in [3.63, 3.8) is 0 Å². The summed E-state index contributed by atoms with van der Waals surface area (Å²) < 4.78 is 4.64. The van der Waals surface area contributed by atoms with Crippen LogP contribution in [0.1, 0.15) is 23.4 Å². The van der Waals surface area contributed by atoms with Gasteiger partial charge in [0.15, 0.2) is 6.39 Å². The lowest BCUT2D eigenvalue weighted by molar-refractivity contribution is -0.173. The van der Waals surface area contributed by atoms with Crippen LogP contribution in [0.15, 0.2) is 17.0 Å². The highest BCUT2D eigenvalue weighted by molar-refractivity contribution is 6.02. The summed E-state index contributed by atoms with van der Waals surface area (Å²) in [6.07, 6.45) is 2.29. The van der Waals surface area contributed by atoms with Gasteiger partial charge < -0.3 is 9.25 Å². The van der Waals surface area contributed by atoms with Gasteiger partial charge in [-0.2, -0.15) is 0 Å². The Hall–Kier alpha value is -2.18. The van der Waals surface area contributed by atoms with Crippen LogP contribution in [-0.4, -0.2) is 27.8 Å². The molecule has 1 aromatic rings. The summed E-state index contributed by atoms with van der Waals surface area (Å²) in [5, 5.41) is 0.449. The van der Waals surface area contributed by atoms with Crippen LogP contribution in [0.25, 0.3) is 0 Å². The Morgan fingerprint density at radius 1 is 1.40 bits per heavy atom. The molecule has 0 aromatic carbocycles. The fourth-order valence-electron chi connectivity index (χ4n) is 1.10. The standard InChI is InChI=1S/C8H6N2O5/c11-6-1-2-7(12)10(6)15-8(13)5-3-9-4-14-5/h3-4H,1-2H2. The lowest BCUT2D eigenvalue weighted by atomic mass is 10.4. The third-order valence-electron chi connectivity index (χ3n) is 1.81. The Balaban J connectivity index is 2.06. The normalized spacial score (nSPS) is 15.9. The van der Waals surface area contributed by atoms with Gasteiger partial charge >= 0.3 is 5.97 Å². The summed E-state index contributed by atoms with van der Waals surface area (Å²) in [7, 11) is 0. The van der Waals surface area contributed by atoms with E-state index < -0.39 is 17.8 Å². The monoisotopic (exact) mass is 210 g/mol. The van der Waals surface area contributed by atoms with Crippen molar-refractivity contribution < 1.29 is 23.6 Å². The number of aromatic nitrogens is 1. The number of imide groups is 1. The molecule has 78 valence electrons. The predicted molar refractivity (Wildman–Crippen MR) is 43.0 cm³/mol. The summed E-state index contributed by atoms with van der Waals surface area (Å²) in [4.78, 5) is 41.4. The molecular formula is C8H6N2O5. The molecule has 0 N–H and O–H groups in total. The molecule has 7 nitrogen and oxygen atoms in total. The Morgan fingerprint density at radius 3 is 2.60 bits per heavy atom. The maximum absolute atomic E-state index is 11.3. The Kier molecular flexibility index (Phi) is 2.20. The van der Waals surface area contributed by atoms with E-state index in [4.69, 9.17) is 0 Å². The molecule has 2 rings (SSSR count). The SMILES string of the molecule is O=C(ON1C(=O)CCC1=O)c1cnco1. The van der Waals surface area contributed by atoms with Crippen molar-refractivity contribution in [3.05, 3.63) is 18.4 Å². The topological polar surface area (TPSA) is 89.7 Å². The zero-order valence-corrected chi connectivity index (χ0v) is 7.50. The number of rotatable bonds is 2. The Bertz CT molecular complexity index is 395. The fourth-order valence-corrected chi connectivity index (χ4v) is 1.10. The molecule has 0 atom stereocenters. The maximum Gasteiger partial charge on any atom is 0.400 e. The van der Waals surface area contributed by atoms with Gasteiger partial charge in [0.25, 0.3) is 11.8 Å². The third kappa shape index (κ3) is 1.71. The molecule has 1 fully saturated rings. The van der Waals surface area contributed by atoms with Crippen molar-refractivity contribution in [2.45, 2.75) is 12.8 Å². The van der Waals surface area contributed by atoms with Gasteiger partial charge in [-0.3, -0.25) is 9.59 Å². The van der Waals surface area contributed by atoms with E-state index in [-0.39, 0.29) is 18.6 Å². The van der Waals surface area contributed by atoms with E-state index >= 15 is 0 Å². The van der Waals surface area contributed by atoms with Gasteiger partial charge in [0.2, 0.25) is 5.76 Å². The van der Waals surface area contributed by atoms with E-state index in [2.05, 4.69) is 14.2 Å². The van der Waals surface area contributed by atoms with Gasteiger partial charge in [-0.05, 0) is 0 Å². The first-order valence-corrected chi connectivity index (χ1v) is 4.15. The number of hydrogen-bond donors (Lipinski definition) is 0. The van der Waals surface area contributed by atoms with Gasteiger partial charge in [-0.15, -0.1) is 5.06 Å². The third-order valence-corrected chi connectivity index (χ3v) is 1.81. The molecule has 2 heterocycles. The van der Waals surface area contributed by atoms with Crippen LogP contribution in [-0.2, 0) is 14.4 Å². The number of carbonyl (C=O) groups excluding carboxylic acids is 3. The van der Waals surface area contributed by atoms with E-state index in [0.29, 0.717) is 5.06 Å². The minimum absolute atomic E-state index is 0.0581. The largest absolute Gasteiger partial charge is 0.436 e. The number of carbonyl (C=O) groups is 3. The number of hydroxylamine groups is 2. The number of hydrogen-bond acceptors (Lipinski definition) is 6. The number of oxazole rings is 1. The molecule has 1 saturated heterocycles. The van der Waals surface area contributed by atoms with Crippen LogP contribution >= 0.6 is 0 Å². The molecule has 1 aromatic heterocycles. The van der Waals surface area contributed by atoms with E-state index in [1.165, 1.54) is 0 Å². The van der Waals surface area contributed by atoms with Crippen LogP contribution in [0, 0.1) is 0 Å². The molecule has 0 spiro atoms. The van der Waals surface area contributed by atoms with E-state index in [9.17, 15) is 14.4 Å². The lowest BCUT2D eigenvalue weighted by Crippen LogP contribution is -2.31. The first-order valence-electron chi connectivity index (χ1n) is 4.15. The molecule has 0 unspecified atom stereocenters. The molecule has 7 heteroatoms. The van der Waals surface area contributed by atoms with Gasteiger partial charge in [0.1, 0.15) is 0 Å². The second-order valence-electron chi connectivity index (χ2n) is 2.83. The average molecular weight is 210 g/mol. The Morgan fingerprint density at radius 2 is 2.07 bits per heavy atom. The van der Waals surface area contributed by atoms with Gasteiger partial charge in [-0.1, -0.05) is 0 Å². The molecule has 2 amide bonds. The molecule has 0 saturated carbocycles. The van der Waals surface area contributed by atoms with E-state index in [1.54, 1.807) is 0 Å². The molecule has 0 aliphatic carbocycles. The predicted octanol–water partition coefficient (Wildman–Crippen LogP) is -0.105. The first kappa shape index (κ1) is 9.38. The van der Waals surface area contributed by atoms with Crippen molar-refractivity contribution in [1.29, 1.82) is 0 Å². The second-order valence-corrected chi connectivity index (χ2v) is 2.83. The van der Waals surface area contributed by atoms with Gasteiger partial charge in [-0.25, -0.2) is 9.78 Å². The quantitative estimate of drug-likeness (QED) is 0.633.